The summed E-state index contributed by atoms with van der Waals surface area (Å²) >= 11 is 0. The summed E-state index contributed by atoms with van der Waals surface area (Å²) in [5, 5.41) is 13.4. The van der Waals surface area contributed by atoms with Gasteiger partial charge in [0, 0.05) is 35.3 Å². The molecule has 3 N–H and O–H groups in total. The molecule has 2 fully saturated rings. The first kappa shape index (κ1) is 23.6. The number of aromatic nitrogens is 1. The molecule has 6 nitrogen and oxygen atoms in total. The highest BCUT2D eigenvalue weighted by Crippen LogP contribution is 2.37. The molecule has 3 heterocycles. The molecule has 0 saturated carbocycles. The first-order valence-electron chi connectivity index (χ1n) is 11.7. The van der Waals surface area contributed by atoms with Crippen LogP contribution in [-0.4, -0.2) is 52.7 Å². The van der Waals surface area contributed by atoms with Crippen molar-refractivity contribution >= 4 is 16.7 Å². The average molecular weight is 486 g/mol. The third-order valence-corrected chi connectivity index (χ3v) is 7.14. The molecule has 5 rings (SSSR count). The van der Waals surface area contributed by atoms with Crippen molar-refractivity contribution in [2.45, 2.75) is 43.4 Å². The molecule has 2 aliphatic rings. The Hall–Kier alpha value is -3.17. The van der Waals surface area contributed by atoms with Crippen molar-refractivity contribution in [1.82, 2.24) is 15.2 Å². The fraction of sp³-hybridized carbons (Fsp3) is 0.385. The van der Waals surface area contributed by atoms with Gasteiger partial charge >= 0.3 is 6.18 Å². The number of carbonyl (C=O) groups excluding carboxylic acids is 1. The Labute approximate surface area is 199 Å². The minimum atomic E-state index is -4.55. The van der Waals surface area contributed by atoms with E-state index in [-0.39, 0.29) is 35.9 Å². The van der Waals surface area contributed by atoms with Crippen molar-refractivity contribution in [1.29, 1.82) is 0 Å². The lowest BCUT2D eigenvalue weighted by Gasteiger charge is -2.25. The lowest BCUT2D eigenvalue weighted by Crippen LogP contribution is -2.42. The molecule has 0 spiro atoms. The third kappa shape index (κ3) is 4.58. The number of carbonyl (C=O) groups is 1. The number of aromatic amines is 1. The van der Waals surface area contributed by atoms with E-state index in [2.05, 4.69) is 15.2 Å². The van der Waals surface area contributed by atoms with Crippen LogP contribution in [0.3, 0.4) is 0 Å². The number of halogens is 3. The summed E-state index contributed by atoms with van der Waals surface area (Å²) in [5.74, 6) is -0.522. The molecule has 1 unspecified atom stereocenters. The van der Waals surface area contributed by atoms with Gasteiger partial charge in [0.2, 0.25) is 5.91 Å². The van der Waals surface area contributed by atoms with Crippen LogP contribution in [0.2, 0.25) is 0 Å². The van der Waals surface area contributed by atoms with Gasteiger partial charge in [-0.1, -0.05) is 30.3 Å². The van der Waals surface area contributed by atoms with Gasteiger partial charge < -0.3 is 15.4 Å². The second-order valence-electron chi connectivity index (χ2n) is 9.37. The molecule has 2 aliphatic heterocycles. The molecule has 2 saturated heterocycles. The highest BCUT2D eigenvalue weighted by atomic mass is 19.4. The number of aliphatic hydroxyl groups is 1. The molecule has 1 aromatic heterocycles. The Kier molecular flexibility index (Phi) is 6.14. The number of hydrogen-bond acceptors (Lipinski definition) is 4. The Morgan fingerprint density at radius 1 is 1.09 bits per heavy atom. The van der Waals surface area contributed by atoms with E-state index in [0.29, 0.717) is 29.3 Å². The third-order valence-electron chi connectivity index (χ3n) is 7.14. The zero-order valence-corrected chi connectivity index (χ0v) is 18.9. The molecule has 184 valence electrons. The minimum Gasteiger partial charge on any atom is -0.395 e. The van der Waals surface area contributed by atoms with Gasteiger partial charge in [0.25, 0.3) is 5.56 Å². The lowest BCUT2D eigenvalue weighted by atomic mass is 9.93. The Morgan fingerprint density at radius 3 is 2.66 bits per heavy atom. The number of aliphatic hydroxyl groups excluding tert-OH is 1. The van der Waals surface area contributed by atoms with Gasteiger partial charge in [-0.25, -0.2) is 0 Å². The Bertz CT molecular complexity index is 1320. The number of fused-ring (bicyclic) bond motifs is 1. The average Bonchev–Trinajstić information content (AvgIpc) is 3.44. The fourth-order valence-corrected chi connectivity index (χ4v) is 5.39. The van der Waals surface area contributed by atoms with Gasteiger partial charge in [-0.3, -0.25) is 14.5 Å². The molecule has 0 bridgehead atoms. The topological polar surface area (TPSA) is 85.4 Å². The molecule has 0 radical (unpaired) electrons. The summed E-state index contributed by atoms with van der Waals surface area (Å²) in [4.78, 5) is 30.4. The zero-order valence-electron chi connectivity index (χ0n) is 18.9. The number of pyridine rings is 1. The molecular weight excluding hydrogens is 459 g/mol. The minimum absolute atomic E-state index is 0.0464. The summed E-state index contributed by atoms with van der Waals surface area (Å²) in [5.41, 5.74) is -0.627. The highest BCUT2D eigenvalue weighted by molar-refractivity contribution is 5.90. The van der Waals surface area contributed by atoms with Gasteiger partial charge in [0.05, 0.1) is 18.1 Å². The normalized spacial score (nSPS) is 23.2. The van der Waals surface area contributed by atoms with Crippen molar-refractivity contribution in [3.05, 3.63) is 70.0 Å². The summed E-state index contributed by atoms with van der Waals surface area (Å²) < 4.78 is 40.4. The summed E-state index contributed by atoms with van der Waals surface area (Å²) in [6, 6.07) is 11.8. The first-order chi connectivity index (χ1) is 16.7. The standard InChI is InChI=1S/C26H26F3N3O3/c27-26(28,29)22-6-2-1-5-19(22)23-11-16-8-7-15(10-20(16)25(35)31-23)21-12-17(30-24(21)34)13-32-9-3-4-18(32)14-33/h1-2,5-8,10-11,17-18,21,33H,3-4,9,12-14H2,(H,30,34)(H,31,35)/t17?,18-,21-/m0/s1. The van der Waals surface area contributed by atoms with Crippen molar-refractivity contribution in [3.8, 4) is 11.3 Å². The van der Waals surface area contributed by atoms with Crippen LogP contribution in [0.5, 0.6) is 0 Å². The molecule has 1 amide bonds. The molecule has 3 atom stereocenters. The molecular formula is C26H26F3N3O3. The second-order valence-corrected chi connectivity index (χ2v) is 9.37. The zero-order chi connectivity index (χ0) is 24.7. The van der Waals surface area contributed by atoms with Crippen molar-refractivity contribution in [2.75, 3.05) is 19.7 Å². The largest absolute Gasteiger partial charge is 0.417 e. The van der Waals surface area contributed by atoms with Crippen LogP contribution in [0.25, 0.3) is 22.0 Å². The number of hydrogen-bond donors (Lipinski definition) is 3. The number of nitrogens with zero attached hydrogens (tertiary/aromatic N) is 1. The quantitative estimate of drug-likeness (QED) is 0.515. The number of likely N-dealkylation sites (tertiary alicyclic amines) is 1. The molecule has 0 aliphatic carbocycles. The van der Waals surface area contributed by atoms with Crippen LogP contribution >= 0.6 is 0 Å². The van der Waals surface area contributed by atoms with E-state index in [0.717, 1.165) is 25.5 Å². The number of amides is 1. The van der Waals surface area contributed by atoms with Gasteiger partial charge in [-0.15, -0.1) is 0 Å². The fourth-order valence-electron chi connectivity index (χ4n) is 5.39. The van der Waals surface area contributed by atoms with E-state index >= 15 is 0 Å². The smallest absolute Gasteiger partial charge is 0.395 e. The Balaban J connectivity index is 1.42. The maximum absolute atomic E-state index is 13.5. The summed E-state index contributed by atoms with van der Waals surface area (Å²) in [7, 11) is 0. The number of benzene rings is 2. The molecule has 2 aromatic carbocycles. The highest BCUT2D eigenvalue weighted by Gasteiger charge is 2.36. The van der Waals surface area contributed by atoms with Crippen LogP contribution < -0.4 is 10.9 Å². The van der Waals surface area contributed by atoms with Crippen molar-refractivity contribution < 1.29 is 23.1 Å². The van der Waals surface area contributed by atoms with E-state index in [1.54, 1.807) is 18.2 Å². The van der Waals surface area contributed by atoms with E-state index in [1.807, 2.05) is 0 Å². The van der Waals surface area contributed by atoms with Gasteiger partial charge in [0.1, 0.15) is 0 Å². The van der Waals surface area contributed by atoms with Gasteiger partial charge in [0.15, 0.2) is 0 Å². The van der Waals surface area contributed by atoms with E-state index in [1.165, 1.54) is 24.3 Å². The van der Waals surface area contributed by atoms with Crippen molar-refractivity contribution in [3.63, 3.8) is 0 Å². The van der Waals surface area contributed by atoms with Crippen LogP contribution in [0.1, 0.15) is 36.3 Å². The molecule has 3 aromatic rings. The maximum Gasteiger partial charge on any atom is 0.417 e. The lowest BCUT2D eigenvalue weighted by molar-refractivity contribution is -0.137. The Morgan fingerprint density at radius 2 is 1.89 bits per heavy atom. The summed E-state index contributed by atoms with van der Waals surface area (Å²) in [6.45, 7) is 1.67. The summed E-state index contributed by atoms with van der Waals surface area (Å²) in [6.07, 6.45) is -2.00. The van der Waals surface area contributed by atoms with Crippen molar-refractivity contribution in [2.24, 2.45) is 0 Å². The van der Waals surface area contributed by atoms with Crippen LogP contribution in [0.15, 0.2) is 53.3 Å². The predicted octanol–water partition coefficient (Wildman–Crippen LogP) is 3.64. The first-order valence-corrected chi connectivity index (χ1v) is 11.7. The number of H-pyrrole nitrogens is 1. The van der Waals surface area contributed by atoms with Crippen LogP contribution in [-0.2, 0) is 11.0 Å². The van der Waals surface area contributed by atoms with Crippen LogP contribution in [0, 0.1) is 0 Å². The number of rotatable bonds is 5. The SMILES string of the molecule is O=C1NC(CN2CCC[C@H]2CO)C[C@H]1c1ccc2cc(-c3ccccc3C(F)(F)F)[nH]c(=O)c2c1. The van der Waals surface area contributed by atoms with E-state index in [9.17, 15) is 27.9 Å². The van der Waals surface area contributed by atoms with Crippen LogP contribution in [0.4, 0.5) is 13.2 Å². The monoisotopic (exact) mass is 485 g/mol. The second kappa shape index (κ2) is 9.13. The molecule has 35 heavy (non-hydrogen) atoms. The number of nitrogens with one attached hydrogen (secondary N) is 2. The number of alkyl halides is 3. The van der Waals surface area contributed by atoms with E-state index in [4.69, 9.17) is 0 Å². The van der Waals surface area contributed by atoms with Gasteiger partial charge in [-0.2, -0.15) is 13.2 Å². The maximum atomic E-state index is 13.5. The van der Waals surface area contributed by atoms with E-state index < -0.39 is 23.2 Å². The molecule has 9 heteroatoms. The van der Waals surface area contributed by atoms with Gasteiger partial charge in [-0.05, 0) is 55.0 Å². The predicted molar refractivity (Wildman–Crippen MR) is 126 cm³/mol.